The molecule has 4 unspecified atom stereocenters. The molecule has 1 aliphatic heterocycles. The summed E-state index contributed by atoms with van der Waals surface area (Å²) >= 11 is 0. The number of aliphatic hydroxyl groups is 3. The average molecular weight is 689 g/mol. The highest BCUT2D eigenvalue weighted by Gasteiger charge is 2.63. The maximum absolute atomic E-state index is 14.1. The summed E-state index contributed by atoms with van der Waals surface area (Å²) in [6.45, 7) is 1.37. The van der Waals surface area contributed by atoms with E-state index in [1.54, 1.807) is 44.4 Å². The number of benzene rings is 2. The van der Waals surface area contributed by atoms with Gasteiger partial charge in [0.15, 0.2) is 11.4 Å². The molecule has 0 aromatic heterocycles. The number of anilines is 1. The molecule has 6 rings (SSSR count). The Hall–Kier alpha value is -5.05. The van der Waals surface area contributed by atoms with Crippen LogP contribution in [-0.2, 0) is 30.3 Å². The normalized spacial score (nSPS) is 25.6. The van der Waals surface area contributed by atoms with E-state index in [9.17, 15) is 44.4 Å². The molecule has 1 heterocycles. The molecule has 0 radical (unpaired) electrons. The first kappa shape index (κ1) is 34.8. The van der Waals surface area contributed by atoms with Crippen LogP contribution in [0.4, 0.5) is 5.69 Å². The van der Waals surface area contributed by atoms with E-state index in [2.05, 4.69) is 5.32 Å². The summed E-state index contributed by atoms with van der Waals surface area (Å²) in [4.78, 5) is 67.8. The summed E-state index contributed by atoms with van der Waals surface area (Å²) in [6, 6.07) is 8.92. The Labute approximate surface area is 287 Å². The second-order valence-corrected chi connectivity index (χ2v) is 13.6. The number of aromatic hydroxyl groups is 1. The number of phenols is 1. The van der Waals surface area contributed by atoms with E-state index in [1.165, 1.54) is 18.1 Å². The number of allylic oxidation sites excluding steroid dienone is 1. The smallest absolute Gasteiger partial charge is 0.308 e. The first-order valence-corrected chi connectivity index (χ1v) is 16.4. The molecule has 2 aromatic rings. The van der Waals surface area contributed by atoms with E-state index < -0.39 is 58.0 Å². The molecule has 0 saturated carbocycles. The van der Waals surface area contributed by atoms with Crippen molar-refractivity contribution in [2.75, 3.05) is 46.2 Å². The Bertz CT molecular complexity index is 1860. The van der Waals surface area contributed by atoms with Gasteiger partial charge in [0.1, 0.15) is 22.8 Å². The molecule has 7 N–H and O–H groups in total. The van der Waals surface area contributed by atoms with Gasteiger partial charge in [-0.3, -0.25) is 33.8 Å². The molecule has 264 valence electrons. The summed E-state index contributed by atoms with van der Waals surface area (Å²) in [7, 11) is 4.52. The first-order valence-electron chi connectivity index (χ1n) is 16.4. The van der Waals surface area contributed by atoms with Gasteiger partial charge in [-0.25, -0.2) is 0 Å². The molecular formula is C36H40N4O10. The van der Waals surface area contributed by atoms with Crippen molar-refractivity contribution in [1.82, 2.24) is 9.80 Å². The highest BCUT2D eigenvalue weighted by molar-refractivity contribution is 6.25. The first-order chi connectivity index (χ1) is 23.7. The van der Waals surface area contributed by atoms with Crippen molar-refractivity contribution < 1.29 is 49.1 Å². The third-order valence-corrected chi connectivity index (χ3v) is 10.6. The van der Waals surface area contributed by atoms with Crippen LogP contribution in [0.5, 0.6) is 5.75 Å². The number of carbonyl (C=O) groups is 5. The molecule has 0 bridgehead atoms. The summed E-state index contributed by atoms with van der Waals surface area (Å²) in [5.41, 5.74) is 3.87. The highest BCUT2D eigenvalue weighted by Crippen LogP contribution is 2.53. The number of primary amides is 1. The third-order valence-electron chi connectivity index (χ3n) is 10.6. The van der Waals surface area contributed by atoms with Crippen LogP contribution in [0.1, 0.15) is 35.2 Å². The van der Waals surface area contributed by atoms with E-state index in [0.29, 0.717) is 48.3 Å². The Morgan fingerprint density at radius 1 is 1.04 bits per heavy atom. The number of aliphatic hydroxyl groups excluding tert-OH is 2. The molecule has 3 aliphatic carbocycles. The number of hydrogen-bond acceptors (Lipinski definition) is 12. The van der Waals surface area contributed by atoms with Gasteiger partial charge in [0.2, 0.25) is 11.7 Å². The van der Waals surface area contributed by atoms with Crippen molar-refractivity contribution in [1.29, 1.82) is 0 Å². The van der Waals surface area contributed by atoms with Gasteiger partial charge in [-0.05, 0) is 93.7 Å². The fraction of sp³-hybridized carbons (Fsp3) is 0.417. The van der Waals surface area contributed by atoms with Crippen LogP contribution in [-0.4, -0.2) is 112 Å². The van der Waals surface area contributed by atoms with Crippen LogP contribution in [0.15, 0.2) is 59.1 Å². The number of esters is 1. The topological polar surface area (TPSA) is 220 Å². The minimum atomic E-state index is -2.71. The van der Waals surface area contributed by atoms with Gasteiger partial charge in [-0.2, -0.15) is 0 Å². The zero-order valence-corrected chi connectivity index (χ0v) is 27.9. The number of amides is 2. The van der Waals surface area contributed by atoms with Crippen LogP contribution in [0, 0.1) is 17.8 Å². The quantitative estimate of drug-likeness (QED) is 0.181. The predicted octanol–water partition coefficient (Wildman–Crippen LogP) is 1.61. The van der Waals surface area contributed by atoms with Crippen LogP contribution >= 0.6 is 0 Å². The van der Waals surface area contributed by atoms with Gasteiger partial charge >= 0.3 is 5.97 Å². The molecule has 50 heavy (non-hydrogen) atoms. The summed E-state index contributed by atoms with van der Waals surface area (Å²) < 4.78 is 4.82. The van der Waals surface area contributed by atoms with Gasteiger partial charge in [-0.1, -0.05) is 18.2 Å². The third kappa shape index (κ3) is 5.62. The maximum atomic E-state index is 14.1. The summed E-state index contributed by atoms with van der Waals surface area (Å²) in [5, 5.41) is 48.1. The number of ether oxygens (including phenoxy) is 1. The zero-order chi connectivity index (χ0) is 36.2. The van der Waals surface area contributed by atoms with Gasteiger partial charge in [0.25, 0.3) is 5.91 Å². The summed E-state index contributed by atoms with van der Waals surface area (Å²) in [5.74, 6) is -7.68. The average Bonchev–Trinajstić information content (AvgIpc) is 3.06. The molecular weight excluding hydrogens is 648 g/mol. The van der Waals surface area contributed by atoms with E-state index in [4.69, 9.17) is 10.5 Å². The fourth-order valence-electron chi connectivity index (χ4n) is 8.15. The van der Waals surface area contributed by atoms with Crippen LogP contribution < -0.4 is 11.1 Å². The minimum absolute atomic E-state index is 0.0216. The minimum Gasteiger partial charge on any atom is -0.510 e. The fourth-order valence-corrected chi connectivity index (χ4v) is 8.15. The van der Waals surface area contributed by atoms with Crippen molar-refractivity contribution in [3.8, 4) is 16.9 Å². The number of phenolic OH excluding ortho intramolecular Hbond substituents is 1. The van der Waals surface area contributed by atoms with Crippen molar-refractivity contribution in [2.24, 2.45) is 23.5 Å². The lowest BCUT2D eigenvalue weighted by Crippen LogP contribution is -2.63. The lowest BCUT2D eigenvalue weighted by atomic mass is 9.58. The number of methoxy groups -OCH3 is 1. The van der Waals surface area contributed by atoms with Gasteiger partial charge < -0.3 is 36.2 Å². The predicted molar refractivity (Wildman–Crippen MR) is 179 cm³/mol. The van der Waals surface area contributed by atoms with E-state index in [0.717, 1.165) is 0 Å². The number of fused-ring (bicyclic) bond motifs is 3. The van der Waals surface area contributed by atoms with E-state index >= 15 is 0 Å². The van der Waals surface area contributed by atoms with E-state index in [1.807, 2.05) is 4.90 Å². The number of hydrogen-bond donors (Lipinski definition) is 6. The number of ketones is 2. The molecule has 14 nitrogen and oxygen atoms in total. The number of nitrogens with zero attached hydrogens (tertiary/aromatic N) is 2. The SMILES string of the molecule is COC(=O)C1CCN(CC(=O)Nc2ccc(-c3ccc(O)c4c3CC3CC5C(N(C)C)C(O)=C(C(N)=O)C(=O)C5(O)C(O)=C3C4=O)cc2)CC1. The Kier molecular flexibility index (Phi) is 9.05. The molecule has 1 saturated heterocycles. The highest BCUT2D eigenvalue weighted by atomic mass is 16.5. The molecule has 14 heteroatoms. The van der Waals surface area contributed by atoms with Gasteiger partial charge in [0.05, 0.1) is 31.2 Å². The molecule has 4 atom stereocenters. The van der Waals surface area contributed by atoms with Gasteiger partial charge in [-0.15, -0.1) is 0 Å². The number of likely N-dealkylation sites (N-methyl/N-ethyl adjacent to an activating group) is 1. The Morgan fingerprint density at radius 2 is 1.70 bits per heavy atom. The standard InChI is InChI=1S/C36H40N4O10/c1-39(2)29-23-15-19-14-22-21(17-4-6-20(7-5-17)38-25(42)16-40-12-10-18(11-13-40)35(48)50-3)8-9-24(41)27(22)30(43)26(19)32(45)36(23,49)33(46)28(31(29)44)34(37)47/h4-9,18-19,23,29,41,44-45,49H,10-16H2,1-3H3,(H2,37,47)(H,38,42). The summed E-state index contributed by atoms with van der Waals surface area (Å²) in [6.07, 6.45) is 1.37. The van der Waals surface area contributed by atoms with Crippen molar-refractivity contribution >= 4 is 35.0 Å². The number of rotatable bonds is 7. The maximum Gasteiger partial charge on any atom is 0.308 e. The number of carbonyl (C=O) groups excluding carboxylic acids is 5. The van der Waals surface area contributed by atoms with Crippen molar-refractivity contribution in [2.45, 2.75) is 37.3 Å². The van der Waals surface area contributed by atoms with Crippen LogP contribution in [0.25, 0.3) is 11.1 Å². The molecule has 2 amide bonds. The number of nitrogens with one attached hydrogen (secondary N) is 1. The lowest BCUT2D eigenvalue weighted by Gasteiger charge is -2.50. The second kappa shape index (κ2) is 13.0. The number of nitrogens with two attached hydrogens (primary N) is 1. The molecule has 0 spiro atoms. The molecule has 2 aromatic carbocycles. The van der Waals surface area contributed by atoms with Gasteiger partial charge in [0, 0.05) is 17.2 Å². The monoisotopic (exact) mass is 688 g/mol. The Balaban J connectivity index is 1.26. The van der Waals surface area contributed by atoms with Crippen LogP contribution in [0.2, 0.25) is 0 Å². The second-order valence-electron chi connectivity index (χ2n) is 13.6. The Morgan fingerprint density at radius 3 is 2.30 bits per heavy atom. The van der Waals surface area contributed by atoms with Crippen molar-refractivity contribution in [3.63, 3.8) is 0 Å². The molecule has 4 aliphatic rings. The van der Waals surface area contributed by atoms with Crippen molar-refractivity contribution in [3.05, 3.63) is 70.2 Å². The van der Waals surface area contributed by atoms with Crippen LogP contribution in [0.3, 0.4) is 0 Å². The zero-order valence-electron chi connectivity index (χ0n) is 27.9. The lowest BCUT2D eigenvalue weighted by molar-refractivity contribution is -0.149. The largest absolute Gasteiger partial charge is 0.510 e. The molecule has 1 fully saturated rings. The number of likely N-dealkylation sites (tertiary alicyclic amines) is 1. The number of piperidine rings is 1. The number of Topliss-reactive ketones (excluding diaryl/α,β-unsaturated/α-hetero) is 2. The van der Waals surface area contributed by atoms with E-state index in [-0.39, 0.29) is 54.1 Å².